The van der Waals surface area contributed by atoms with Gasteiger partial charge in [-0.15, -0.1) is 0 Å². The number of hydrogen-bond acceptors (Lipinski definition) is 6. The van der Waals surface area contributed by atoms with Crippen molar-refractivity contribution >= 4 is 5.97 Å². The summed E-state index contributed by atoms with van der Waals surface area (Å²) in [4.78, 5) is 12.6. The van der Waals surface area contributed by atoms with Crippen molar-refractivity contribution in [2.45, 2.75) is 38.1 Å². The summed E-state index contributed by atoms with van der Waals surface area (Å²) in [5.41, 5.74) is 2.01. The summed E-state index contributed by atoms with van der Waals surface area (Å²) in [5, 5.41) is 30.6. The number of rotatable bonds is 14. The maximum absolute atomic E-state index is 11.1. The third-order valence-electron chi connectivity index (χ3n) is 5.63. The Balaban J connectivity index is 1.65. The van der Waals surface area contributed by atoms with Crippen LogP contribution in [-0.2, 0) is 17.6 Å². The molecule has 186 valence electrons. The number of aliphatic hydroxyl groups is 2. The number of ether oxygens (including phenoxy) is 2. The number of benzene rings is 3. The highest BCUT2D eigenvalue weighted by molar-refractivity contribution is 5.68. The van der Waals surface area contributed by atoms with Crippen LogP contribution in [0.2, 0.25) is 0 Å². The lowest BCUT2D eigenvalue weighted by atomic mass is 10.0. The first-order valence-corrected chi connectivity index (χ1v) is 11.7. The first kappa shape index (κ1) is 26.2. The molecule has 3 aromatic rings. The van der Waals surface area contributed by atoms with Crippen LogP contribution in [0, 0.1) is 0 Å². The van der Waals surface area contributed by atoms with Gasteiger partial charge in [0, 0.05) is 19.0 Å². The molecule has 0 aliphatic carbocycles. The Morgan fingerprint density at radius 3 is 2.00 bits per heavy atom. The molecule has 0 aliphatic heterocycles. The number of carbonyl (C=O) groups is 1. The van der Waals surface area contributed by atoms with Gasteiger partial charge in [-0.3, -0.25) is 4.90 Å². The van der Waals surface area contributed by atoms with Gasteiger partial charge in [0.25, 0.3) is 0 Å². The molecule has 0 bridgehead atoms. The van der Waals surface area contributed by atoms with E-state index in [0.29, 0.717) is 24.3 Å². The highest BCUT2D eigenvalue weighted by Crippen LogP contribution is 2.18. The van der Waals surface area contributed by atoms with E-state index in [1.165, 1.54) is 0 Å². The topological polar surface area (TPSA) is 99.5 Å². The fourth-order valence-corrected chi connectivity index (χ4v) is 3.87. The molecule has 0 aliphatic rings. The molecule has 0 fully saturated rings. The van der Waals surface area contributed by atoms with Gasteiger partial charge in [-0.05, 0) is 48.7 Å². The summed E-state index contributed by atoms with van der Waals surface area (Å²) in [6, 6.07) is 26.2. The maximum atomic E-state index is 11.1. The van der Waals surface area contributed by atoms with Crippen molar-refractivity contribution in [1.82, 2.24) is 4.90 Å². The Bertz CT molecular complexity index is 1010. The highest BCUT2D eigenvalue weighted by atomic mass is 16.5. The molecule has 0 saturated heterocycles. The number of para-hydroxylation sites is 1. The molecule has 0 amide bonds. The molecule has 0 heterocycles. The summed E-state index contributed by atoms with van der Waals surface area (Å²) in [7, 11) is 0. The molecule has 0 spiro atoms. The molecule has 3 aromatic carbocycles. The van der Waals surface area contributed by atoms with Gasteiger partial charge in [0.1, 0.15) is 30.4 Å². The summed E-state index contributed by atoms with van der Waals surface area (Å²) in [6.07, 6.45) is -0.539. The second kappa shape index (κ2) is 13.5. The predicted octanol–water partition coefficient (Wildman–Crippen LogP) is 3.38. The quantitative estimate of drug-likeness (QED) is 0.305. The maximum Gasteiger partial charge on any atom is 0.341 e. The summed E-state index contributed by atoms with van der Waals surface area (Å²) in [5.74, 6) is 0.139. The third kappa shape index (κ3) is 9.05. The van der Waals surface area contributed by atoms with Gasteiger partial charge in [-0.25, -0.2) is 4.79 Å². The van der Waals surface area contributed by atoms with Crippen LogP contribution in [0.4, 0.5) is 0 Å². The van der Waals surface area contributed by atoms with Crippen LogP contribution >= 0.6 is 0 Å². The molecule has 7 heteroatoms. The second-order valence-electron chi connectivity index (χ2n) is 8.52. The van der Waals surface area contributed by atoms with Crippen LogP contribution < -0.4 is 9.47 Å². The van der Waals surface area contributed by atoms with Crippen molar-refractivity contribution < 1.29 is 29.6 Å². The second-order valence-corrected chi connectivity index (χ2v) is 8.52. The van der Waals surface area contributed by atoms with Crippen LogP contribution in [0.1, 0.15) is 18.1 Å². The first-order chi connectivity index (χ1) is 16.9. The predicted molar refractivity (Wildman–Crippen MR) is 134 cm³/mol. The van der Waals surface area contributed by atoms with Crippen molar-refractivity contribution in [3.8, 4) is 11.5 Å². The SMILES string of the molecule is C[C@H](Cc1ccc(OCC(=O)O)cc1)N(C[C@H](O)COc1ccccc1)[C@H](O)Cc1ccccc1. The van der Waals surface area contributed by atoms with Crippen molar-refractivity contribution in [3.63, 3.8) is 0 Å². The Labute approximate surface area is 206 Å². The molecule has 0 radical (unpaired) electrons. The van der Waals surface area contributed by atoms with Crippen molar-refractivity contribution in [3.05, 3.63) is 96.1 Å². The normalized spacial score (nSPS) is 13.7. The monoisotopic (exact) mass is 479 g/mol. The van der Waals surface area contributed by atoms with E-state index in [1.807, 2.05) is 84.6 Å². The van der Waals surface area contributed by atoms with E-state index in [9.17, 15) is 15.0 Å². The van der Waals surface area contributed by atoms with Crippen LogP contribution in [0.25, 0.3) is 0 Å². The lowest BCUT2D eigenvalue weighted by Gasteiger charge is -2.35. The number of carboxylic acid groups (broad SMARTS) is 1. The number of carboxylic acids is 1. The molecule has 3 atom stereocenters. The van der Waals surface area contributed by atoms with E-state index in [2.05, 4.69) is 0 Å². The molecule has 0 aromatic heterocycles. The van der Waals surface area contributed by atoms with E-state index >= 15 is 0 Å². The van der Waals surface area contributed by atoms with Crippen LogP contribution in [-0.4, -0.2) is 64.3 Å². The lowest BCUT2D eigenvalue weighted by Crippen LogP contribution is -2.48. The summed E-state index contributed by atoms with van der Waals surface area (Å²) in [6.45, 7) is 1.97. The largest absolute Gasteiger partial charge is 0.491 e. The molecule has 3 N–H and O–H groups in total. The highest BCUT2D eigenvalue weighted by Gasteiger charge is 2.25. The van der Waals surface area contributed by atoms with E-state index in [4.69, 9.17) is 14.6 Å². The molecular formula is C28H33NO6. The minimum absolute atomic E-state index is 0.0918. The van der Waals surface area contributed by atoms with E-state index in [0.717, 1.165) is 11.1 Å². The molecular weight excluding hydrogens is 446 g/mol. The Morgan fingerprint density at radius 2 is 1.37 bits per heavy atom. The number of aliphatic carboxylic acids is 1. The Morgan fingerprint density at radius 1 is 0.800 bits per heavy atom. The van der Waals surface area contributed by atoms with Gasteiger partial charge in [-0.2, -0.15) is 0 Å². The fraction of sp³-hybridized carbons (Fsp3) is 0.321. The number of nitrogens with zero attached hydrogens (tertiary/aromatic N) is 1. The van der Waals surface area contributed by atoms with Crippen molar-refractivity contribution in [2.24, 2.45) is 0 Å². The molecule has 7 nitrogen and oxygen atoms in total. The molecule has 35 heavy (non-hydrogen) atoms. The Kier molecular flexibility index (Phi) is 10.1. The zero-order valence-electron chi connectivity index (χ0n) is 19.9. The Hall–Kier alpha value is -3.39. The molecule has 0 unspecified atom stereocenters. The van der Waals surface area contributed by atoms with Crippen LogP contribution in [0.5, 0.6) is 11.5 Å². The fourth-order valence-electron chi connectivity index (χ4n) is 3.87. The van der Waals surface area contributed by atoms with Crippen molar-refractivity contribution in [1.29, 1.82) is 0 Å². The summed E-state index contributed by atoms with van der Waals surface area (Å²) >= 11 is 0. The van der Waals surface area contributed by atoms with E-state index < -0.39 is 24.9 Å². The lowest BCUT2D eigenvalue weighted by molar-refractivity contribution is -0.139. The third-order valence-corrected chi connectivity index (χ3v) is 5.63. The average Bonchev–Trinajstić information content (AvgIpc) is 2.86. The zero-order chi connectivity index (χ0) is 25.0. The van der Waals surface area contributed by atoms with Gasteiger partial charge < -0.3 is 24.8 Å². The van der Waals surface area contributed by atoms with Crippen LogP contribution in [0.15, 0.2) is 84.9 Å². The summed E-state index contributed by atoms with van der Waals surface area (Å²) < 4.78 is 10.9. The minimum atomic E-state index is -1.03. The molecule has 3 rings (SSSR count). The van der Waals surface area contributed by atoms with E-state index in [-0.39, 0.29) is 19.2 Å². The van der Waals surface area contributed by atoms with Crippen LogP contribution in [0.3, 0.4) is 0 Å². The van der Waals surface area contributed by atoms with Gasteiger partial charge in [0.05, 0.1) is 0 Å². The smallest absolute Gasteiger partial charge is 0.341 e. The van der Waals surface area contributed by atoms with Gasteiger partial charge >= 0.3 is 5.97 Å². The number of hydrogen-bond donors (Lipinski definition) is 3. The molecule has 0 saturated carbocycles. The number of aliphatic hydroxyl groups excluding tert-OH is 2. The van der Waals surface area contributed by atoms with Crippen molar-refractivity contribution in [2.75, 3.05) is 19.8 Å². The van der Waals surface area contributed by atoms with Gasteiger partial charge in [-0.1, -0.05) is 60.7 Å². The van der Waals surface area contributed by atoms with E-state index in [1.54, 1.807) is 12.1 Å². The first-order valence-electron chi connectivity index (χ1n) is 11.7. The van der Waals surface area contributed by atoms with Gasteiger partial charge in [0.15, 0.2) is 6.61 Å². The zero-order valence-corrected chi connectivity index (χ0v) is 19.9. The minimum Gasteiger partial charge on any atom is -0.491 e. The average molecular weight is 480 g/mol. The standard InChI is InChI=1S/C28H33NO6/c1-21(16-23-12-14-26(15-13-23)35-20-28(32)33)29(27(31)17-22-8-4-2-5-9-22)18-24(30)19-34-25-10-6-3-7-11-25/h2-15,21,24,27,30-31H,16-20H2,1H3,(H,32,33)/t21-,24+,27-/m1/s1. The van der Waals surface area contributed by atoms with Gasteiger partial charge in [0.2, 0.25) is 0 Å².